The third-order valence-electron chi connectivity index (χ3n) is 13.9. The zero-order valence-electron chi connectivity index (χ0n) is 22.5. The third-order valence-corrected chi connectivity index (χ3v) is 13.9. The lowest BCUT2D eigenvalue weighted by atomic mass is 9.41. The van der Waals surface area contributed by atoms with Crippen molar-refractivity contribution in [1.82, 2.24) is 0 Å². The molecule has 6 aliphatic carbocycles. The highest BCUT2D eigenvalue weighted by molar-refractivity contribution is 5.86. The fourth-order valence-corrected chi connectivity index (χ4v) is 11.9. The molecular weight excluding hydrogens is 420 g/mol. The predicted octanol–water partition coefficient (Wildman–Crippen LogP) is 6.46. The topological polar surface area (TPSA) is 57.5 Å². The summed E-state index contributed by atoms with van der Waals surface area (Å²) < 4.78 is 0. The Balaban J connectivity index is 1.31. The number of allylic oxidation sites excluding steroid dienone is 1. The molecule has 10 atom stereocenters. The van der Waals surface area contributed by atoms with Crippen molar-refractivity contribution in [3.8, 4) is 0 Å². The quantitative estimate of drug-likeness (QED) is 0.434. The van der Waals surface area contributed by atoms with Gasteiger partial charge in [-0.2, -0.15) is 0 Å². The van der Waals surface area contributed by atoms with Crippen LogP contribution in [0, 0.1) is 50.7 Å². The molecule has 34 heavy (non-hydrogen) atoms. The molecule has 3 heteroatoms. The van der Waals surface area contributed by atoms with Crippen LogP contribution in [0.1, 0.15) is 112 Å². The molecule has 6 rings (SSSR count). The van der Waals surface area contributed by atoms with Crippen molar-refractivity contribution in [3.05, 3.63) is 11.1 Å². The lowest BCUT2D eigenvalue weighted by molar-refractivity contribution is -0.174. The summed E-state index contributed by atoms with van der Waals surface area (Å²) >= 11 is 0. The molecule has 0 heterocycles. The zero-order valence-corrected chi connectivity index (χ0v) is 22.5. The number of Topliss-reactive ketones (excluding diaryl/α,β-unsaturated/α-hetero) is 1. The number of carbonyl (C=O) groups is 1. The molecule has 0 radical (unpaired) electrons. The number of carbonyl (C=O) groups excluding carboxylic acids is 1. The van der Waals surface area contributed by atoms with Gasteiger partial charge in [-0.05, 0) is 123 Å². The largest absolute Gasteiger partial charge is 0.392 e. The van der Waals surface area contributed by atoms with Gasteiger partial charge in [-0.25, -0.2) is 0 Å². The van der Waals surface area contributed by atoms with E-state index in [-0.39, 0.29) is 22.7 Å². The first-order valence-electron chi connectivity index (χ1n) is 14.4. The van der Waals surface area contributed by atoms with Crippen molar-refractivity contribution in [2.75, 3.05) is 0 Å². The molecule has 0 unspecified atom stereocenters. The van der Waals surface area contributed by atoms with E-state index >= 15 is 0 Å². The standard InChI is InChI=1S/C31H48O3/c1-18(2)19-7-8-20(22(32)15-19)21-11-12-29(6)25-10-9-24-27(3,4)26(34)23(33)16-31(24)17-30(25,31)14-13-28(21,29)5/h20-22,24-26,32,34H,7-17H2,1-6H3/t20-,21-,22-,24+,25+,26+,28-,29+,30+,31-/m1/s1. The Bertz CT molecular complexity index is 944. The second kappa shape index (κ2) is 7.00. The van der Waals surface area contributed by atoms with Gasteiger partial charge in [0.2, 0.25) is 0 Å². The summed E-state index contributed by atoms with van der Waals surface area (Å²) in [5.41, 5.74) is 3.69. The average Bonchev–Trinajstić information content (AvgIpc) is 3.34. The van der Waals surface area contributed by atoms with Crippen LogP contribution in [0.2, 0.25) is 0 Å². The number of rotatable bonds is 1. The van der Waals surface area contributed by atoms with Crippen LogP contribution >= 0.6 is 0 Å². The number of aliphatic hydroxyl groups excluding tert-OH is 2. The summed E-state index contributed by atoms with van der Waals surface area (Å²) in [6.45, 7) is 14.0. The number of hydrogen-bond acceptors (Lipinski definition) is 3. The lowest BCUT2D eigenvalue weighted by Gasteiger charge is -2.63. The molecule has 2 spiro atoms. The molecule has 3 nitrogen and oxygen atoms in total. The van der Waals surface area contributed by atoms with Crippen molar-refractivity contribution in [2.45, 2.75) is 124 Å². The summed E-state index contributed by atoms with van der Waals surface area (Å²) in [6.07, 6.45) is 11.6. The summed E-state index contributed by atoms with van der Waals surface area (Å²) in [7, 11) is 0. The van der Waals surface area contributed by atoms with Crippen molar-refractivity contribution >= 4 is 5.78 Å². The van der Waals surface area contributed by atoms with Crippen LogP contribution in [-0.2, 0) is 4.79 Å². The molecule has 6 saturated carbocycles. The van der Waals surface area contributed by atoms with Crippen molar-refractivity contribution in [2.24, 2.45) is 50.7 Å². The van der Waals surface area contributed by atoms with Crippen molar-refractivity contribution in [1.29, 1.82) is 0 Å². The lowest BCUT2D eigenvalue weighted by Crippen LogP contribution is -2.59. The van der Waals surface area contributed by atoms with E-state index in [0.717, 1.165) is 12.8 Å². The highest BCUT2D eigenvalue weighted by Gasteiger charge is 2.83. The SMILES string of the molecule is CC(C)=C1CC[C@H]([C@H]2CC[C@@]3(C)[C@@H]4CC[C@H]5C(C)(C)[C@@H](O)C(=O)C[C@@]56C[C@@]46CC[C@]23C)[C@H](O)C1. The Labute approximate surface area is 207 Å². The number of ketones is 1. The minimum absolute atomic E-state index is 0.113. The molecule has 6 fully saturated rings. The fourth-order valence-electron chi connectivity index (χ4n) is 11.9. The fraction of sp³-hybridized carbons (Fsp3) is 0.903. The van der Waals surface area contributed by atoms with Gasteiger partial charge in [0.1, 0.15) is 6.10 Å². The van der Waals surface area contributed by atoms with Gasteiger partial charge < -0.3 is 10.2 Å². The maximum atomic E-state index is 13.0. The molecule has 190 valence electrons. The van der Waals surface area contributed by atoms with E-state index in [0.29, 0.717) is 46.3 Å². The number of aliphatic hydroxyl groups is 2. The Morgan fingerprint density at radius 3 is 2.24 bits per heavy atom. The van der Waals surface area contributed by atoms with Gasteiger partial charge in [0, 0.05) is 11.8 Å². The number of hydrogen-bond donors (Lipinski definition) is 2. The van der Waals surface area contributed by atoms with E-state index < -0.39 is 6.10 Å². The van der Waals surface area contributed by atoms with Crippen LogP contribution < -0.4 is 0 Å². The van der Waals surface area contributed by atoms with Gasteiger partial charge in [-0.15, -0.1) is 0 Å². The first-order valence-corrected chi connectivity index (χ1v) is 14.4. The molecular formula is C31H48O3. The van der Waals surface area contributed by atoms with E-state index in [2.05, 4.69) is 41.5 Å². The average molecular weight is 469 g/mol. The zero-order chi connectivity index (χ0) is 24.5. The van der Waals surface area contributed by atoms with Gasteiger partial charge in [-0.1, -0.05) is 38.8 Å². The minimum Gasteiger partial charge on any atom is -0.392 e. The Morgan fingerprint density at radius 2 is 1.56 bits per heavy atom. The van der Waals surface area contributed by atoms with Crippen LogP contribution in [0.4, 0.5) is 0 Å². The monoisotopic (exact) mass is 468 g/mol. The molecule has 0 saturated heterocycles. The first-order chi connectivity index (χ1) is 15.8. The molecule has 0 bridgehead atoms. The van der Waals surface area contributed by atoms with Crippen LogP contribution in [0.3, 0.4) is 0 Å². The van der Waals surface area contributed by atoms with Gasteiger partial charge in [-0.3, -0.25) is 4.79 Å². The molecule has 0 aliphatic heterocycles. The molecule has 6 aliphatic rings. The van der Waals surface area contributed by atoms with E-state index in [1.807, 2.05) is 0 Å². The molecule has 2 N–H and O–H groups in total. The maximum Gasteiger partial charge on any atom is 0.162 e. The summed E-state index contributed by atoms with van der Waals surface area (Å²) in [5.74, 6) is 2.37. The minimum atomic E-state index is -0.781. The van der Waals surface area contributed by atoms with Gasteiger partial charge in [0.15, 0.2) is 5.78 Å². The van der Waals surface area contributed by atoms with Crippen LogP contribution in [-0.4, -0.2) is 28.2 Å². The van der Waals surface area contributed by atoms with Crippen LogP contribution in [0.5, 0.6) is 0 Å². The normalized spacial score (nSPS) is 55.6. The van der Waals surface area contributed by atoms with E-state index in [1.165, 1.54) is 62.5 Å². The van der Waals surface area contributed by atoms with Crippen LogP contribution in [0.25, 0.3) is 0 Å². The smallest absolute Gasteiger partial charge is 0.162 e. The molecule has 0 aromatic heterocycles. The highest BCUT2D eigenvalue weighted by atomic mass is 16.3. The summed E-state index contributed by atoms with van der Waals surface area (Å²) in [6, 6.07) is 0. The predicted molar refractivity (Wildman–Crippen MR) is 135 cm³/mol. The molecule has 0 aromatic carbocycles. The van der Waals surface area contributed by atoms with Gasteiger partial charge in [0.05, 0.1) is 6.10 Å². The van der Waals surface area contributed by atoms with Gasteiger partial charge >= 0.3 is 0 Å². The Hall–Kier alpha value is -0.670. The summed E-state index contributed by atoms with van der Waals surface area (Å²) in [5, 5.41) is 22.1. The molecule has 0 aromatic rings. The third kappa shape index (κ3) is 2.60. The Kier molecular flexibility index (Phi) is 4.88. The second-order valence-corrected chi connectivity index (χ2v) is 15.1. The Morgan fingerprint density at radius 1 is 0.853 bits per heavy atom. The van der Waals surface area contributed by atoms with Gasteiger partial charge in [0.25, 0.3) is 0 Å². The van der Waals surface area contributed by atoms with E-state index in [4.69, 9.17) is 0 Å². The summed E-state index contributed by atoms with van der Waals surface area (Å²) in [4.78, 5) is 13.0. The van der Waals surface area contributed by atoms with E-state index in [9.17, 15) is 15.0 Å². The molecule has 0 amide bonds. The van der Waals surface area contributed by atoms with Crippen molar-refractivity contribution < 1.29 is 15.0 Å². The first kappa shape index (κ1) is 23.7. The van der Waals surface area contributed by atoms with Crippen molar-refractivity contribution in [3.63, 3.8) is 0 Å². The second-order valence-electron chi connectivity index (χ2n) is 15.1. The number of fused-ring (bicyclic) bond motifs is 2. The van der Waals surface area contributed by atoms with Crippen LogP contribution in [0.15, 0.2) is 11.1 Å². The maximum absolute atomic E-state index is 13.0. The van der Waals surface area contributed by atoms with E-state index in [1.54, 1.807) is 0 Å². The highest BCUT2D eigenvalue weighted by Crippen LogP contribution is 2.88.